The Kier molecular flexibility index (Phi) is 4.76. The summed E-state index contributed by atoms with van der Waals surface area (Å²) in [7, 11) is 1.55. The Labute approximate surface area is 104 Å². The molecule has 0 radical (unpaired) electrons. The van der Waals surface area contributed by atoms with Crippen molar-refractivity contribution in [3.8, 4) is 0 Å². The first kappa shape index (κ1) is 14.1. The third kappa shape index (κ3) is 3.26. The second-order valence-electron chi connectivity index (χ2n) is 4.00. The molecule has 1 amide bonds. The number of carbonyl (C=O) groups excluding carboxylic acids is 1. The number of amides is 1. The van der Waals surface area contributed by atoms with E-state index in [0.717, 1.165) is 31.0 Å². The Hall–Kier alpha value is -1.98. The molecule has 0 heterocycles. The Balaban J connectivity index is 2.97. The van der Waals surface area contributed by atoms with Gasteiger partial charge < -0.3 is 4.90 Å². The number of benzene rings is 1. The Morgan fingerprint density at radius 3 is 2.72 bits per heavy atom. The summed E-state index contributed by atoms with van der Waals surface area (Å²) in [4.78, 5) is 23.2. The zero-order chi connectivity index (χ0) is 13.7. The fourth-order valence-electron chi connectivity index (χ4n) is 1.49. The van der Waals surface area contributed by atoms with Gasteiger partial charge in [-0.1, -0.05) is 13.3 Å². The predicted octanol–water partition coefficient (Wildman–Crippen LogP) is 2.61. The number of carbonyl (C=O) groups is 1. The summed E-state index contributed by atoms with van der Waals surface area (Å²) < 4.78 is 13.5. The van der Waals surface area contributed by atoms with E-state index in [2.05, 4.69) is 0 Å². The lowest BCUT2D eigenvalue weighted by atomic mass is 10.1. The van der Waals surface area contributed by atoms with Crippen LogP contribution in [0.4, 0.5) is 10.1 Å². The summed E-state index contributed by atoms with van der Waals surface area (Å²) in [5, 5.41) is 10.6. The largest absolute Gasteiger partial charge is 0.342 e. The van der Waals surface area contributed by atoms with Crippen LogP contribution in [0.3, 0.4) is 0 Å². The van der Waals surface area contributed by atoms with Crippen LogP contribution in [-0.2, 0) is 0 Å². The summed E-state index contributed by atoms with van der Waals surface area (Å²) >= 11 is 0. The van der Waals surface area contributed by atoms with E-state index < -0.39 is 16.6 Å². The highest BCUT2D eigenvalue weighted by Crippen LogP contribution is 2.18. The number of unbranched alkanes of at least 4 members (excludes halogenated alkanes) is 1. The fraction of sp³-hybridized carbons (Fsp3) is 0.417. The lowest BCUT2D eigenvalue weighted by Crippen LogP contribution is -2.28. The molecule has 0 saturated heterocycles. The monoisotopic (exact) mass is 254 g/mol. The van der Waals surface area contributed by atoms with Gasteiger partial charge in [0.15, 0.2) is 0 Å². The first-order chi connectivity index (χ1) is 8.47. The van der Waals surface area contributed by atoms with E-state index in [9.17, 15) is 19.3 Å². The van der Waals surface area contributed by atoms with Gasteiger partial charge in [0.1, 0.15) is 5.82 Å². The van der Waals surface area contributed by atoms with Gasteiger partial charge in [-0.3, -0.25) is 14.9 Å². The SMILES string of the molecule is CCCCN(C)C(=O)c1cc([N+](=O)[O-])ccc1F. The minimum absolute atomic E-state index is 0.261. The fourth-order valence-corrected chi connectivity index (χ4v) is 1.49. The maximum Gasteiger partial charge on any atom is 0.270 e. The Bertz CT molecular complexity index is 463. The van der Waals surface area contributed by atoms with Crippen molar-refractivity contribution in [1.82, 2.24) is 4.90 Å². The summed E-state index contributed by atoms with van der Waals surface area (Å²) in [6, 6.07) is 2.96. The molecule has 98 valence electrons. The minimum atomic E-state index is -0.742. The number of rotatable bonds is 5. The maximum absolute atomic E-state index is 13.5. The highest BCUT2D eigenvalue weighted by atomic mass is 19.1. The average Bonchev–Trinajstić information content (AvgIpc) is 2.35. The summed E-state index contributed by atoms with van der Waals surface area (Å²) in [5.74, 6) is -1.28. The van der Waals surface area contributed by atoms with Gasteiger partial charge in [-0.25, -0.2) is 4.39 Å². The summed E-state index contributed by atoms with van der Waals surface area (Å²) in [6.07, 6.45) is 1.72. The molecule has 1 aromatic carbocycles. The smallest absolute Gasteiger partial charge is 0.270 e. The molecule has 0 aliphatic carbocycles. The van der Waals surface area contributed by atoms with E-state index >= 15 is 0 Å². The number of nitrogens with zero attached hydrogens (tertiary/aromatic N) is 2. The first-order valence-corrected chi connectivity index (χ1v) is 5.66. The van der Waals surface area contributed by atoms with Gasteiger partial charge in [-0.2, -0.15) is 0 Å². The molecule has 0 aliphatic heterocycles. The van der Waals surface area contributed by atoms with Crippen molar-refractivity contribution in [1.29, 1.82) is 0 Å². The van der Waals surface area contributed by atoms with Crippen LogP contribution < -0.4 is 0 Å². The quantitative estimate of drug-likeness (QED) is 0.599. The minimum Gasteiger partial charge on any atom is -0.342 e. The molecule has 0 fully saturated rings. The van der Waals surface area contributed by atoms with Crippen molar-refractivity contribution >= 4 is 11.6 Å². The third-order valence-electron chi connectivity index (χ3n) is 2.58. The molecule has 1 rings (SSSR count). The van der Waals surface area contributed by atoms with E-state index in [4.69, 9.17) is 0 Å². The molecule has 0 N–H and O–H groups in total. The summed E-state index contributed by atoms with van der Waals surface area (Å²) in [5.41, 5.74) is -0.550. The summed E-state index contributed by atoms with van der Waals surface area (Å²) in [6.45, 7) is 2.48. The van der Waals surface area contributed by atoms with Crippen LogP contribution in [0.15, 0.2) is 18.2 Å². The maximum atomic E-state index is 13.5. The topological polar surface area (TPSA) is 63.5 Å². The molecule has 0 bridgehead atoms. The lowest BCUT2D eigenvalue weighted by molar-refractivity contribution is -0.384. The molecular formula is C12H15FN2O3. The van der Waals surface area contributed by atoms with E-state index in [1.54, 1.807) is 7.05 Å². The number of hydrogen-bond donors (Lipinski definition) is 0. The Morgan fingerprint density at radius 2 is 2.17 bits per heavy atom. The van der Waals surface area contributed by atoms with Gasteiger partial charge >= 0.3 is 0 Å². The molecule has 6 heteroatoms. The van der Waals surface area contributed by atoms with Crippen LogP contribution in [-0.4, -0.2) is 29.3 Å². The molecule has 0 saturated carbocycles. The van der Waals surface area contributed by atoms with Crippen molar-refractivity contribution in [2.75, 3.05) is 13.6 Å². The predicted molar refractivity (Wildman–Crippen MR) is 64.9 cm³/mol. The van der Waals surface area contributed by atoms with E-state index in [1.807, 2.05) is 6.92 Å². The van der Waals surface area contributed by atoms with E-state index in [-0.39, 0.29) is 11.3 Å². The third-order valence-corrected chi connectivity index (χ3v) is 2.58. The van der Waals surface area contributed by atoms with Crippen molar-refractivity contribution in [3.63, 3.8) is 0 Å². The second-order valence-corrected chi connectivity index (χ2v) is 4.00. The van der Waals surface area contributed by atoms with Crippen molar-refractivity contribution in [2.45, 2.75) is 19.8 Å². The lowest BCUT2D eigenvalue weighted by Gasteiger charge is -2.16. The van der Waals surface area contributed by atoms with Crippen LogP contribution in [0, 0.1) is 15.9 Å². The molecular weight excluding hydrogens is 239 g/mol. The molecule has 0 atom stereocenters. The zero-order valence-electron chi connectivity index (χ0n) is 10.4. The van der Waals surface area contributed by atoms with Gasteiger partial charge in [0, 0.05) is 25.7 Å². The molecule has 5 nitrogen and oxygen atoms in total. The van der Waals surface area contributed by atoms with E-state index in [0.29, 0.717) is 6.54 Å². The van der Waals surface area contributed by atoms with Crippen LogP contribution in [0.25, 0.3) is 0 Å². The number of non-ortho nitro benzene ring substituents is 1. The van der Waals surface area contributed by atoms with Crippen LogP contribution in [0.1, 0.15) is 30.1 Å². The van der Waals surface area contributed by atoms with Crippen LogP contribution in [0.2, 0.25) is 0 Å². The van der Waals surface area contributed by atoms with Crippen LogP contribution in [0.5, 0.6) is 0 Å². The average molecular weight is 254 g/mol. The van der Waals surface area contributed by atoms with Crippen LogP contribution >= 0.6 is 0 Å². The van der Waals surface area contributed by atoms with Gasteiger partial charge in [-0.05, 0) is 12.5 Å². The number of nitro groups is 1. The van der Waals surface area contributed by atoms with Crippen molar-refractivity contribution < 1.29 is 14.1 Å². The molecule has 0 aromatic heterocycles. The van der Waals surface area contributed by atoms with Gasteiger partial charge in [0.25, 0.3) is 11.6 Å². The number of hydrogen-bond acceptors (Lipinski definition) is 3. The highest BCUT2D eigenvalue weighted by molar-refractivity contribution is 5.94. The second kappa shape index (κ2) is 6.09. The molecule has 18 heavy (non-hydrogen) atoms. The Morgan fingerprint density at radius 1 is 1.50 bits per heavy atom. The van der Waals surface area contributed by atoms with Gasteiger partial charge in [0.05, 0.1) is 10.5 Å². The van der Waals surface area contributed by atoms with Crippen molar-refractivity contribution in [3.05, 3.63) is 39.7 Å². The normalized spacial score (nSPS) is 10.2. The molecule has 1 aromatic rings. The van der Waals surface area contributed by atoms with Crippen molar-refractivity contribution in [2.24, 2.45) is 0 Å². The first-order valence-electron chi connectivity index (χ1n) is 5.66. The highest BCUT2D eigenvalue weighted by Gasteiger charge is 2.19. The number of halogens is 1. The van der Waals surface area contributed by atoms with Gasteiger partial charge in [0.2, 0.25) is 0 Å². The number of nitro benzene ring substituents is 1. The van der Waals surface area contributed by atoms with Gasteiger partial charge in [-0.15, -0.1) is 0 Å². The standard InChI is InChI=1S/C12H15FN2O3/c1-3-4-7-14(2)12(16)10-8-9(15(17)18)5-6-11(10)13/h5-6,8H,3-4,7H2,1-2H3. The molecule has 0 aliphatic rings. The van der Waals surface area contributed by atoms with E-state index in [1.165, 1.54) is 4.90 Å². The zero-order valence-corrected chi connectivity index (χ0v) is 10.4. The molecule has 0 unspecified atom stereocenters. The molecule has 0 spiro atoms.